The second-order valence-corrected chi connectivity index (χ2v) is 5.99. The molecule has 20 heavy (non-hydrogen) atoms. The van der Waals surface area contributed by atoms with Crippen LogP contribution >= 0.6 is 0 Å². The number of imide groups is 2. The zero-order valence-corrected chi connectivity index (χ0v) is 11.2. The number of carbonyl (C=O) groups excluding carboxylic acids is 4. The lowest BCUT2D eigenvalue weighted by atomic mass is 9.79. The van der Waals surface area contributed by atoms with Crippen LogP contribution < -0.4 is 10.6 Å². The third-order valence-electron chi connectivity index (χ3n) is 4.87. The van der Waals surface area contributed by atoms with Crippen LogP contribution in [-0.2, 0) is 19.2 Å². The smallest absolute Gasteiger partial charge is 0.230 e. The summed E-state index contributed by atoms with van der Waals surface area (Å²) in [5, 5.41) is 4.80. The fourth-order valence-corrected chi connectivity index (χ4v) is 3.79. The Kier molecular flexibility index (Phi) is 3.31. The van der Waals surface area contributed by atoms with Gasteiger partial charge in [-0.15, -0.1) is 0 Å². The molecule has 0 radical (unpaired) electrons. The lowest BCUT2D eigenvalue weighted by molar-refractivity contribution is -0.127. The van der Waals surface area contributed by atoms with E-state index in [0.717, 1.165) is 0 Å². The minimum atomic E-state index is -0.251. The van der Waals surface area contributed by atoms with Gasteiger partial charge >= 0.3 is 0 Å². The third kappa shape index (κ3) is 2.13. The van der Waals surface area contributed by atoms with Crippen molar-refractivity contribution in [3.05, 3.63) is 0 Å². The molecular formula is C14H18N2O4. The monoisotopic (exact) mass is 278 g/mol. The fraction of sp³-hybridized carbons (Fsp3) is 0.714. The number of nitrogens with one attached hydrogen (secondary N) is 2. The maximum Gasteiger partial charge on any atom is 0.230 e. The molecule has 2 N–H and O–H groups in total. The predicted octanol–water partition coefficient (Wildman–Crippen LogP) is 0.118. The molecule has 0 bridgehead atoms. The normalized spacial score (nSPS) is 38.0. The van der Waals surface area contributed by atoms with Gasteiger partial charge in [0.05, 0.1) is 0 Å². The summed E-state index contributed by atoms with van der Waals surface area (Å²) in [6, 6.07) is 0. The van der Waals surface area contributed by atoms with Gasteiger partial charge in [-0.25, -0.2) is 0 Å². The average Bonchev–Trinajstić information content (AvgIpc) is 2.82. The molecular weight excluding hydrogens is 260 g/mol. The molecule has 6 heteroatoms. The number of hydrogen-bond acceptors (Lipinski definition) is 4. The molecule has 1 saturated carbocycles. The quantitative estimate of drug-likeness (QED) is 0.615. The molecule has 3 fully saturated rings. The summed E-state index contributed by atoms with van der Waals surface area (Å²) in [6.45, 7) is 0. The van der Waals surface area contributed by atoms with Crippen LogP contribution in [0.2, 0.25) is 0 Å². The second-order valence-electron chi connectivity index (χ2n) is 5.99. The Hall–Kier alpha value is -1.72. The standard InChI is InChI=1S/C14H18N2O4/c17-11-7-3-1-4-8-10(14(20)16-12(8)18)6-2-5-9(7)13(19)15-11/h7-10H,1-6H2,(H,15,17,19)(H,16,18,20). The van der Waals surface area contributed by atoms with Crippen LogP contribution in [0, 0.1) is 23.7 Å². The highest BCUT2D eigenvalue weighted by Crippen LogP contribution is 2.36. The molecule has 3 aliphatic rings. The van der Waals surface area contributed by atoms with Crippen molar-refractivity contribution in [1.82, 2.24) is 10.6 Å². The van der Waals surface area contributed by atoms with Gasteiger partial charge in [-0.3, -0.25) is 29.8 Å². The number of carbonyl (C=O) groups is 4. The van der Waals surface area contributed by atoms with E-state index in [0.29, 0.717) is 38.5 Å². The van der Waals surface area contributed by atoms with Gasteiger partial charge in [0.15, 0.2) is 0 Å². The van der Waals surface area contributed by atoms with E-state index in [4.69, 9.17) is 0 Å². The largest absolute Gasteiger partial charge is 0.296 e. The lowest BCUT2D eigenvalue weighted by Crippen LogP contribution is -2.23. The average molecular weight is 278 g/mol. The van der Waals surface area contributed by atoms with Gasteiger partial charge in [-0.1, -0.05) is 12.8 Å². The van der Waals surface area contributed by atoms with Crippen molar-refractivity contribution in [2.45, 2.75) is 38.5 Å². The van der Waals surface area contributed by atoms with Crippen molar-refractivity contribution >= 4 is 23.6 Å². The summed E-state index contributed by atoms with van der Waals surface area (Å²) in [5.74, 6) is -1.71. The van der Waals surface area contributed by atoms with E-state index in [1.807, 2.05) is 0 Å². The van der Waals surface area contributed by atoms with Crippen LogP contribution in [0.5, 0.6) is 0 Å². The van der Waals surface area contributed by atoms with E-state index in [1.54, 1.807) is 0 Å². The molecule has 4 unspecified atom stereocenters. The zero-order chi connectivity index (χ0) is 14.3. The SMILES string of the molecule is O=C1NC(=O)C2CCCC3C(=O)NC(=O)C3CCCC12. The highest BCUT2D eigenvalue weighted by molar-refractivity contribution is 6.05. The van der Waals surface area contributed by atoms with E-state index in [1.165, 1.54) is 0 Å². The van der Waals surface area contributed by atoms with Crippen LogP contribution in [0.1, 0.15) is 38.5 Å². The van der Waals surface area contributed by atoms with Gasteiger partial charge in [0.1, 0.15) is 0 Å². The van der Waals surface area contributed by atoms with Crippen LogP contribution in [0.3, 0.4) is 0 Å². The third-order valence-corrected chi connectivity index (χ3v) is 4.87. The van der Waals surface area contributed by atoms with Crippen molar-refractivity contribution in [2.24, 2.45) is 23.7 Å². The summed E-state index contributed by atoms with van der Waals surface area (Å²) >= 11 is 0. The molecule has 6 nitrogen and oxygen atoms in total. The lowest BCUT2D eigenvalue weighted by Gasteiger charge is -2.21. The molecule has 2 aliphatic heterocycles. The van der Waals surface area contributed by atoms with Crippen LogP contribution in [0.15, 0.2) is 0 Å². The summed E-state index contributed by atoms with van der Waals surface area (Å²) in [7, 11) is 0. The van der Waals surface area contributed by atoms with E-state index in [-0.39, 0.29) is 47.3 Å². The van der Waals surface area contributed by atoms with Crippen molar-refractivity contribution in [1.29, 1.82) is 0 Å². The number of fused-ring (bicyclic) bond motifs is 2. The Morgan fingerprint density at radius 1 is 0.550 bits per heavy atom. The first kappa shape index (κ1) is 13.3. The van der Waals surface area contributed by atoms with Crippen LogP contribution in [0.4, 0.5) is 0 Å². The molecule has 0 aromatic rings. The Balaban J connectivity index is 1.75. The van der Waals surface area contributed by atoms with Gasteiger partial charge in [-0.05, 0) is 25.7 Å². The molecule has 3 rings (SSSR count). The van der Waals surface area contributed by atoms with Crippen molar-refractivity contribution < 1.29 is 19.2 Å². The molecule has 4 amide bonds. The molecule has 2 saturated heterocycles. The predicted molar refractivity (Wildman–Crippen MR) is 68.0 cm³/mol. The van der Waals surface area contributed by atoms with E-state index in [9.17, 15) is 19.2 Å². The van der Waals surface area contributed by atoms with Crippen LogP contribution in [0.25, 0.3) is 0 Å². The first-order valence-electron chi connectivity index (χ1n) is 7.27. The molecule has 0 aromatic heterocycles. The molecule has 4 atom stereocenters. The maximum absolute atomic E-state index is 11.8. The highest BCUT2D eigenvalue weighted by atomic mass is 16.2. The molecule has 0 aromatic carbocycles. The summed E-state index contributed by atoms with van der Waals surface area (Å²) in [6.07, 6.45) is 3.87. The zero-order valence-electron chi connectivity index (χ0n) is 11.2. The highest BCUT2D eigenvalue weighted by Gasteiger charge is 2.44. The van der Waals surface area contributed by atoms with Gasteiger partial charge in [0, 0.05) is 23.7 Å². The molecule has 1 aliphatic carbocycles. The summed E-state index contributed by atoms with van der Waals surface area (Å²) in [5.41, 5.74) is 0. The Morgan fingerprint density at radius 3 is 1.05 bits per heavy atom. The number of rotatable bonds is 0. The maximum atomic E-state index is 11.8. The number of hydrogen-bond donors (Lipinski definition) is 2. The summed E-state index contributed by atoms with van der Waals surface area (Å²) < 4.78 is 0. The number of amides is 4. The Morgan fingerprint density at radius 2 is 0.800 bits per heavy atom. The van der Waals surface area contributed by atoms with E-state index in [2.05, 4.69) is 10.6 Å². The van der Waals surface area contributed by atoms with Crippen molar-refractivity contribution in [3.63, 3.8) is 0 Å². The Bertz CT molecular complexity index is 404. The second kappa shape index (κ2) is 5.00. The molecule has 0 spiro atoms. The molecule has 108 valence electrons. The van der Waals surface area contributed by atoms with Crippen molar-refractivity contribution in [2.75, 3.05) is 0 Å². The topological polar surface area (TPSA) is 92.3 Å². The first-order chi connectivity index (χ1) is 9.58. The van der Waals surface area contributed by atoms with Gasteiger partial charge in [0.2, 0.25) is 23.6 Å². The minimum Gasteiger partial charge on any atom is -0.296 e. The Labute approximate surface area is 116 Å². The van der Waals surface area contributed by atoms with Gasteiger partial charge in [-0.2, -0.15) is 0 Å². The van der Waals surface area contributed by atoms with Crippen LogP contribution in [-0.4, -0.2) is 23.6 Å². The fourth-order valence-electron chi connectivity index (χ4n) is 3.79. The molecule has 2 heterocycles. The minimum absolute atomic E-state index is 0.177. The van der Waals surface area contributed by atoms with Crippen molar-refractivity contribution in [3.8, 4) is 0 Å². The van der Waals surface area contributed by atoms with E-state index < -0.39 is 0 Å². The summed E-state index contributed by atoms with van der Waals surface area (Å²) in [4.78, 5) is 47.0. The van der Waals surface area contributed by atoms with Gasteiger partial charge < -0.3 is 0 Å². The van der Waals surface area contributed by atoms with Gasteiger partial charge in [0.25, 0.3) is 0 Å². The first-order valence-corrected chi connectivity index (χ1v) is 7.27. The van der Waals surface area contributed by atoms with E-state index >= 15 is 0 Å².